The Labute approximate surface area is 102 Å². The van der Waals surface area contributed by atoms with E-state index in [4.69, 9.17) is 0 Å². The van der Waals surface area contributed by atoms with Gasteiger partial charge in [-0.15, -0.1) is 12.4 Å². The lowest BCUT2D eigenvalue weighted by molar-refractivity contribution is -0.119. The summed E-state index contributed by atoms with van der Waals surface area (Å²) in [4.78, 5) is 15.7. The van der Waals surface area contributed by atoms with Crippen molar-refractivity contribution in [2.45, 2.75) is 6.42 Å². The number of para-hydroxylation sites is 1. The summed E-state index contributed by atoms with van der Waals surface area (Å²) in [5, 5.41) is 0. The first-order valence-corrected chi connectivity index (χ1v) is 5.21. The number of amides is 1. The van der Waals surface area contributed by atoms with E-state index >= 15 is 0 Å². The van der Waals surface area contributed by atoms with E-state index in [0.717, 1.165) is 18.7 Å². The number of carbonyl (C=O) groups is 1. The first-order valence-electron chi connectivity index (χ1n) is 5.21. The van der Waals surface area contributed by atoms with Crippen molar-refractivity contribution in [3.8, 4) is 0 Å². The van der Waals surface area contributed by atoms with E-state index in [9.17, 15) is 4.79 Å². The van der Waals surface area contributed by atoms with Gasteiger partial charge in [-0.1, -0.05) is 18.2 Å². The fraction of sp³-hybridized carbons (Fsp3) is 0.417. The van der Waals surface area contributed by atoms with Gasteiger partial charge in [0.05, 0.1) is 6.54 Å². The van der Waals surface area contributed by atoms with Crippen LogP contribution in [0.15, 0.2) is 24.3 Å². The van der Waals surface area contributed by atoms with Gasteiger partial charge in [0.1, 0.15) is 0 Å². The molecule has 0 spiro atoms. The number of hydrogen-bond acceptors (Lipinski definition) is 2. The fourth-order valence-corrected chi connectivity index (χ4v) is 1.95. The van der Waals surface area contributed by atoms with E-state index in [1.807, 2.05) is 42.1 Å². The Morgan fingerprint density at radius 1 is 1.38 bits per heavy atom. The monoisotopic (exact) mass is 240 g/mol. The van der Waals surface area contributed by atoms with E-state index in [1.54, 1.807) is 0 Å². The summed E-state index contributed by atoms with van der Waals surface area (Å²) in [7, 11) is 3.83. The van der Waals surface area contributed by atoms with Gasteiger partial charge in [-0.25, -0.2) is 0 Å². The van der Waals surface area contributed by atoms with Crippen LogP contribution in [-0.4, -0.2) is 38.0 Å². The third-order valence-corrected chi connectivity index (χ3v) is 2.64. The minimum atomic E-state index is 0. The summed E-state index contributed by atoms with van der Waals surface area (Å²) >= 11 is 0. The summed E-state index contributed by atoms with van der Waals surface area (Å²) in [6.07, 6.45) is 0.981. The number of benzene rings is 1. The molecule has 0 saturated heterocycles. The number of likely N-dealkylation sites (N-methyl/N-ethyl adjacent to an activating group) is 1. The van der Waals surface area contributed by atoms with Gasteiger partial charge in [0.25, 0.3) is 0 Å². The van der Waals surface area contributed by atoms with E-state index in [-0.39, 0.29) is 18.3 Å². The van der Waals surface area contributed by atoms with Crippen molar-refractivity contribution in [2.75, 3.05) is 32.1 Å². The minimum Gasteiger partial charge on any atom is -0.311 e. The molecule has 1 aromatic rings. The van der Waals surface area contributed by atoms with Gasteiger partial charge in [-0.2, -0.15) is 0 Å². The Morgan fingerprint density at radius 3 is 2.75 bits per heavy atom. The van der Waals surface area contributed by atoms with Crippen molar-refractivity contribution >= 4 is 24.0 Å². The largest absolute Gasteiger partial charge is 0.311 e. The molecule has 3 nitrogen and oxygen atoms in total. The van der Waals surface area contributed by atoms with Crippen LogP contribution in [0.1, 0.15) is 5.56 Å². The van der Waals surface area contributed by atoms with Crippen LogP contribution in [0, 0.1) is 0 Å². The summed E-state index contributed by atoms with van der Waals surface area (Å²) in [5.74, 6) is 0.185. The lowest BCUT2D eigenvalue weighted by atomic mass is 10.2. The summed E-state index contributed by atoms with van der Waals surface area (Å²) in [5.41, 5.74) is 2.37. The van der Waals surface area contributed by atoms with Crippen LogP contribution in [0.5, 0.6) is 0 Å². The second-order valence-electron chi connectivity index (χ2n) is 4.16. The smallest absolute Gasteiger partial charge is 0.241 e. The van der Waals surface area contributed by atoms with Gasteiger partial charge in [0, 0.05) is 12.2 Å². The number of carbonyl (C=O) groups excluding carboxylic acids is 1. The Bertz CT molecular complexity index is 379. The SMILES string of the molecule is CN(C)CC(=O)N1CCc2ccccc21.Cl. The Kier molecular flexibility index (Phi) is 4.33. The van der Waals surface area contributed by atoms with Crippen molar-refractivity contribution in [3.63, 3.8) is 0 Å². The molecule has 1 amide bonds. The van der Waals surface area contributed by atoms with Crippen LogP contribution in [-0.2, 0) is 11.2 Å². The number of halogens is 1. The van der Waals surface area contributed by atoms with Gasteiger partial charge >= 0.3 is 0 Å². The van der Waals surface area contributed by atoms with Crippen LogP contribution in [0.2, 0.25) is 0 Å². The second kappa shape index (κ2) is 5.32. The predicted molar refractivity (Wildman–Crippen MR) is 68.3 cm³/mol. The van der Waals surface area contributed by atoms with Crippen LogP contribution in [0.4, 0.5) is 5.69 Å². The third kappa shape index (κ3) is 2.54. The van der Waals surface area contributed by atoms with E-state index in [1.165, 1.54) is 5.56 Å². The molecule has 0 aliphatic carbocycles. The molecule has 0 aromatic heterocycles. The molecule has 0 fully saturated rings. The van der Waals surface area contributed by atoms with E-state index < -0.39 is 0 Å². The van der Waals surface area contributed by atoms with Gasteiger partial charge in [-0.05, 0) is 32.1 Å². The average Bonchev–Trinajstić information content (AvgIpc) is 2.59. The van der Waals surface area contributed by atoms with Gasteiger partial charge < -0.3 is 9.80 Å². The topological polar surface area (TPSA) is 23.6 Å². The average molecular weight is 241 g/mol. The maximum Gasteiger partial charge on any atom is 0.241 e. The maximum absolute atomic E-state index is 11.9. The number of nitrogens with zero attached hydrogens (tertiary/aromatic N) is 2. The quantitative estimate of drug-likeness (QED) is 0.783. The molecule has 0 N–H and O–H groups in total. The lowest BCUT2D eigenvalue weighted by Gasteiger charge is -2.19. The highest BCUT2D eigenvalue weighted by Crippen LogP contribution is 2.27. The molecule has 0 unspecified atom stereocenters. The normalized spacial score (nSPS) is 13.6. The van der Waals surface area contributed by atoms with Gasteiger partial charge in [0.15, 0.2) is 0 Å². The highest BCUT2D eigenvalue weighted by atomic mass is 35.5. The summed E-state index contributed by atoms with van der Waals surface area (Å²) < 4.78 is 0. The molecule has 16 heavy (non-hydrogen) atoms. The first kappa shape index (κ1) is 13.0. The number of rotatable bonds is 2. The highest BCUT2D eigenvalue weighted by molar-refractivity contribution is 5.96. The Hall–Kier alpha value is -1.06. The lowest BCUT2D eigenvalue weighted by Crippen LogP contribution is -2.36. The molecule has 88 valence electrons. The molecule has 0 bridgehead atoms. The molecule has 2 rings (SSSR count). The molecule has 0 atom stereocenters. The van der Waals surface area contributed by atoms with Crippen molar-refractivity contribution in [1.29, 1.82) is 0 Å². The molecule has 4 heteroatoms. The van der Waals surface area contributed by atoms with Crippen LogP contribution in [0.25, 0.3) is 0 Å². The van der Waals surface area contributed by atoms with Crippen molar-refractivity contribution < 1.29 is 4.79 Å². The van der Waals surface area contributed by atoms with Crippen molar-refractivity contribution in [3.05, 3.63) is 29.8 Å². The van der Waals surface area contributed by atoms with Crippen LogP contribution in [0.3, 0.4) is 0 Å². The molecule has 0 saturated carbocycles. The van der Waals surface area contributed by atoms with Crippen molar-refractivity contribution in [1.82, 2.24) is 4.90 Å². The molecule has 1 aromatic carbocycles. The Morgan fingerprint density at radius 2 is 2.06 bits per heavy atom. The molecular weight excluding hydrogens is 224 g/mol. The van der Waals surface area contributed by atoms with Gasteiger partial charge in [0.2, 0.25) is 5.91 Å². The molecule has 1 heterocycles. The third-order valence-electron chi connectivity index (χ3n) is 2.64. The van der Waals surface area contributed by atoms with Crippen LogP contribution >= 0.6 is 12.4 Å². The zero-order valence-electron chi connectivity index (χ0n) is 9.64. The van der Waals surface area contributed by atoms with Gasteiger partial charge in [-0.3, -0.25) is 4.79 Å². The highest BCUT2D eigenvalue weighted by Gasteiger charge is 2.23. The van der Waals surface area contributed by atoms with Crippen molar-refractivity contribution in [2.24, 2.45) is 0 Å². The second-order valence-corrected chi connectivity index (χ2v) is 4.16. The summed E-state index contributed by atoms with van der Waals surface area (Å²) in [6, 6.07) is 8.13. The van der Waals surface area contributed by atoms with Crippen LogP contribution < -0.4 is 4.90 Å². The zero-order chi connectivity index (χ0) is 10.8. The predicted octanol–water partition coefficient (Wildman–Crippen LogP) is 1.56. The fourth-order valence-electron chi connectivity index (χ4n) is 1.95. The molecule has 1 aliphatic heterocycles. The maximum atomic E-state index is 11.9. The first-order chi connectivity index (χ1) is 7.18. The van der Waals surface area contributed by atoms with E-state index in [0.29, 0.717) is 6.54 Å². The number of hydrogen-bond donors (Lipinski definition) is 0. The molecule has 1 aliphatic rings. The zero-order valence-corrected chi connectivity index (χ0v) is 10.5. The number of fused-ring (bicyclic) bond motifs is 1. The Balaban J connectivity index is 0.00000128. The minimum absolute atomic E-state index is 0. The molecule has 0 radical (unpaired) electrons. The number of anilines is 1. The standard InChI is InChI=1S/C12H16N2O.ClH/c1-13(2)9-12(15)14-8-7-10-5-3-4-6-11(10)14;/h3-6H,7-9H2,1-2H3;1H. The molecular formula is C12H17ClN2O. The van der Waals surface area contributed by atoms with E-state index in [2.05, 4.69) is 6.07 Å². The summed E-state index contributed by atoms with van der Waals surface area (Å²) in [6.45, 7) is 1.31.